The molecule has 1 saturated carbocycles. The maximum atomic E-state index is 12.7. The zero-order valence-electron chi connectivity index (χ0n) is 13.2. The van der Waals surface area contributed by atoms with Gasteiger partial charge in [0.1, 0.15) is 0 Å². The Bertz CT molecular complexity index is 483. The molecule has 20 heavy (non-hydrogen) atoms. The van der Waals surface area contributed by atoms with Gasteiger partial charge in [-0.05, 0) is 29.7 Å². The van der Waals surface area contributed by atoms with E-state index in [4.69, 9.17) is 5.73 Å². The van der Waals surface area contributed by atoms with Crippen LogP contribution in [-0.2, 0) is 5.41 Å². The minimum atomic E-state index is -0.652. The van der Waals surface area contributed by atoms with E-state index in [0.29, 0.717) is 5.92 Å². The van der Waals surface area contributed by atoms with Crippen molar-refractivity contribution in [1.29, 1.82) is 0 Å². The summed E-state index contributed by atoms with van der Waals surface area (Å²) < 4.78 is 0. The Labute approximate surface area is 122 Å². The van der Waals surface area contributed by atoms with Crippen LogP contribution >= 0.6 is 0 Å². The lowest BCUT2D eigenvalue weighted by atomic mass is 9.73. The predicted molar refractivity (Wildman–Crippen MR) is 84.0 cm³/mol. The summed E-state index contributed by atoms with van der Waals surface area (Å²) in [6, 6.07) is 8.00. The Hall–Kier alpha value is -1.15. The fourth-order valence-electron chi connectivity index (χ4n) is 3.21. The van der Waals surface area contributed by atoms with E-state index in [-0.39, 0.29) is 11.2 Å². The first kappa shape index (κ1) is 15.2. The lowest BCUT2D eigenvalue weighted by molar-refractivity contribution is 0.0819. The molecular formula is C18H27NO. The van der Waals surface area contributed by atoms with Gasteiger partial charge in [0.05, 0.1) is 5.54 Å². The smallest absolute Gasteiger partial charge is 0.182 e. The van der Waals surface area contributed by atoms with Crippen LogP contribution in [-0.4, -0.2) is 11.3 Å². The molecule has 110 valence electrons. The topological polar surface area (TPSA) is 43.1 Å². The molecule has 1 fully saturated rings. The fourth-order valence-corrected chi connectivity index (χ4v) is 3.21. The van der Waals surface area contributed by atoms with Crippen LogP contribution in [0.1, 0.15) is 69.3 Å². The summed E-state index contributed by atoms with van der Waals surface area (Å²) >= 11 is 0. The largest absolute Gasteiger partial charge is 0.319 e. The number of rotatable bonds is 2. The number of nitrogens with two attached hydrogens (primary N) is 1. The molecule has 2 atom stereocenters. The van der Waals surface area contributed by atoms with Crippen LogP contribution in [0.2, 0.25) is 0 Å². The van der Waals surface area contributed by atoms with E-state index in [1.807, 2.05) is 12.1 Å². The first-order chi connectivity index (χ1) is 9.22. The van der Waals surface area contributed by atoms with E-state index in [1.165, 1.54) is 12.0 Å². The van der Waals surface area contributed by atoms with Crippen molar-refractivity contribution < 1.29 is 4.79 Å². The molecule has 0 aliphatic heterocycles. The summed E-state index contributed by atoms with van der Waals surface area (Å²) in [6.07, 6.45) is 3.88. The lowest BCUT2D eigenvalue weighted by Gasteiger charge is -2.35. The number of Topliss-reactive ketones (excluding diaryl/α,β-unsaturated/α-hetero) is 1. The predicted octanol–water partition coefficient (Wildman–Crippen LogP) is 4.07. The van der Waals surface area contributed by atoms with Gasteiger partial charge in [-0.2, -0.15) is 0 Å². The molecule has 0 heterocycles. The van der Waals surface area contributed by atoms with E-state index in [1.54, 1.807) is 0 Å². The SMILES string of the molecule is CC1CCCC(N)(C(=O)c2ccc(C(C)(C)C)cc2)C1. The normalized spacial score (nSPS) is 27.4. The van der Waals surface area contributed by atoms with Gasteiger partial charge >= 0.3 is 0 Å². The van der Waals surface area contributed by atoms with Gasteiger partial charge in [-0.15, -0.1) is 0 Å². The summed E-state index contributed by atoms with van der Waals surface area (Å²) in [6.45, 7) is 8.72. The van der Waals surface area contributed by atoms with Crippen LogP contribution in [0.4, 0.5) is 0 Å². The molecule has 2 rings (SSSR count). The zero-order valence-corrected chi connectivity index (χ0v) is 13.2. The molecule has 1 aliphatic rings. The number of hydrogen-bond donors (Lipinski definition) is 1. The molecule has 0 spiro atoms. The Morgan fingerprint density at radius 1 is 1.25 bits per heavy atom. The highest BCUT2D eigenvalue weighted by Gasteiger charge is 2.38. The standard InChI is InChI=1S/C18H27NO/c1-13-6-5-11-18(19,12-13)16(20)14-7-9-15(10-8-14)17(2,3)4/h7-10,13H,5-6,11-12,19H2,1-4H3. The van der Waals surface area contributed by atoms with Crippen LogP contribution < -0.4 is 5.73 Å². The van der Waals surface area contributed by atoms with Crippen molar-refractivity contribution in [1.82, 2.24) is 0 Å². The van der Waals surface area contributed by atoms with Crippen LogP contribution in [0, 0.1) is 5.92 Å². The van der Waals surface area contributed by atoms with Gasteiger partial charge in [0, 0.05) is 5.56 Å². The van der Waals surface area contributed by atoms with Gasteiger partial charge in [0.25, 0.3) is 0 Å². The second-order valence-corrected chi connectivity index (χ2v) is 7.51. The third kappa shape index (κ3) is 3.12. The number of carbonyl (C=O) groups excluding carboxylic acids is 1. The van der Waals surface area contributed by atoms with Crippen molar-refractivity contribution >= 4 is 5.78 Å². The second kappa shape index (κ2) is 5.33. The fraction of sp³-hybridized carbons (Fsp3) is 0.611. The number of ketones is 1. The van der Waals surface area contributed by atoms with Crippen molar-refractivity contribution in [3.05, 3.63) is 35.4 Å². The van der Waals surface area contributed by atoms with Crippen molar-refractivity contribution in [3.8, 4) is 0 Å². The summed E-state index contributed by atoms with van der Waals surface area (Å²) in [7, 11) is 0. The molecule has 0 amide bonds. The molecule has 2 heteroatoms. The quantitative estimate of drug-likeness (QED) is 0.825. The van der Waals surface area contributed by atoms with E-state index >= 15 is 0 Å². The molecule has 1 aliphatic carbocycles. The van der Waals surface area contributed by atoms with Gasteiger partial charge < -0.3 is 5.73 Å². The minimum absolute atomic E-state index is 0.112. The number of benzene rings is 1. The first-order valence-electron chi connectivity index (χ1n) is 7.67. The Morgan fingerprint density at radius 2 is 1.85 bits per heavy atom. The third-order valence-corrected chi connectivity index (χ3v) is 4.50. The minimum Gasteiger partial charge on any atom is -0.319 e. The van der Waals surface area contributed by atoms with E-state index in [2.05, 4.69) is 39.8 Å². The summed E-state index contributed by atoms with van der Waals surface area (Å²) in [5.41, 5.74) is 7.87. The van der Waals surface area contributed by atoms with Gasteiger partial charge in [0.2, 0.25) is 0 Å². The molecule has 2 N–H and O–H groups in total. The van der Waals surface area contributed by atoms with Crippen LogP contribution in [0.5, 0.6) is 0 Å². The van der Waals surface area contributed by atoms with Gasteiger partial charge in [-0.3, -0.25) is 4.79 Å². The third-order valence-electron chi connectivity index (χ3n) is 4.50. The van der Waals surface area contributed by atoms with Crippen molar-refractivity contribution in [2.75, 3.05) is 0 Å². The summed E-state index contributed by atoms with van der Waals surface area (Å²) in [4.78, 5) is 12.7. The highest BCUT2D eigenvalue weighted by Crippen LogP contribution is 2.33. The maximum absolute atomic E-state index is 12.7. The zero-order chi connectivity index (χ0) is 15.0. The molecule has 1 aromatic carbocycles. The van der Waals surface area contributed by atoms with Crippen LogP contribution in [0.3, 0.4) is 0 Å². The summed E-state index contributed by atoms with van der Waals surface area (Å²) in [5, 5.41) is 0. The van der Waals surface area contributed by atoms with E-state index < -0.39 is 5.54 Å². The molecule has 1 aromatic rings. The highest BCUT2D eigenvalue weighted by molar-refractivity contribution is 6.03. The van der Waals surface area contributed by atoms with Crippen LogP contribution in [0.25, 0.3) is 0 Å². The van der Waals surface area contributed by atoms with Gasteiger partial charge in [-0.1, -0.05) is 64.8 Å². The Kier molecular flexibility index (Phi) is 4.06. The van der Waals surface area contributed by atoms with Gasteiger partial charge in [0.15, 0.2) is 5.78 Å². The molecule has 0 aromatic heterocycles. The summed E-state index contributed by atoms with van der Waals surface area (Å²) in [5.74, 6) is 0.663. The monoisotopic (exact) mass is 273 g/mol. The maximum Gasteiger partial charge on any atom is 0.182 e. The molecule has 0 bridgehead atoms. The molecule has 0 saturated heterocycles. The van der Waals surface area contributed by atoms with Crippen molar-refractivity contribution in [3.63, 3.8) is 0 Å². The second-order valence-electron chi connectivity index (χ2n) is 7.51. The van der Waals surface area contributed by atoms with Crippen molar-refractivity contribution in [2.24, 2.45) is 11.7 Å². The molecule has 2 unspecified atom stereocenters. The Morgan fingerprint density at radius 3 is 2.35 bits per heavy atom. The Balaban J connectivity index is 2.21. The molecular weight excluding hydrogens is 246 g/mol. The van der Waals surface area contributed by atoms with E-state index in [9.17, 15) is 4.79 Å². The average Bonchev–Trinajstić information content (AvgIpc) is 2.37. The van der Waals surface area contributed by atoms with Crippen LogP contribution in [0.15, 0.2) is 24.3 Å². The average molecular weight is 273 g/mol. The van der Waals surface area contributed by atoms with E-state index in [0.717, 1.165) is 24.8 Å². The van der Waals surface area contributed by atoms with Crippen molar-refractivity contribution in [2.45, 2.75) is 64.3 Å². The van der Waals surface area contributed by atoms with Gasteiger partial charge in [-0.25, -0.2) is 0 Å². The number of hydrogen-bond acceptors (Lipinski definition) is 2. The molecule has 2 nitrogen and oxygen atoms in total. The highest BCUT2D eigenvalue weighted by atomic mass is 16.1. The number of carbonyl (C=O) groups is 1. The lowest BCUT2D eigenvalue weighted by Crippen LogP contribution is -2.51. The first-order valence-corrected chi connectivity index (χ1v) is 7.67. The molecule has 0 radical (unpaired) electrons.